The van der Waals surface area contributed by atoms with Crippen molar-refractivity contribution in [3.8, 4) is 0 Å². The Kier molecular flexibility index (Phi) is 8.52. The summed E-state index contributed by atoms with van der Waals surface area (Å²) in [6.45, 7) is 4.88. The molecule has 0 aliphatic rings. The standard InChI is InChI=1S/C16H24Br2N2O/c1-3-4-12(7-8-19)5-6-15(21)20-16-13(17)9-11(2)10-14(16)18/h9-10,12H,3-8,19H2,1-2H3,(H,20,21). The SMILES string of the molecule is CCCC(CCN)CCC(=O)Nc1c(Br)cc(C)cc1Br. The molecule has 0 radical (unpaired) electrons. The Labute approximate surface area is 144 Å². The van der Waals surface area contributed by atoms with Crippen molar-refractivity contribution in [3.63, 3.8) is 0 Å². The fraction of sp³-hybridized carbons (Fsp3) is 0.562. The van der Waals surface area contributed by atoms with Gasteiger partial charge in [0.15, 0.2) is 0 Å². The highest BCUT2D eigenvalue weighted by Gasteiger charge is 2.13. The van der Waals surface area contributed by atoms with E-state index < -0.39 is 0 Å². The zero-order valence-corrected chi connectivity index (χ0v) is 15.9. The molecular weight excluding hydrogens is 396 g/mol. The zero-order chi connectivity index (χ0) is 15.8. The number of nitrogens with one attached hydrogen (secondary N) is 1. The van der Waals surface area contributed by atoms with E-state index in [-0.39, 0.29) is 5.91 Å². The number of carbonyl (C=O) groups is 1. The predicted molar refractivity (Wildman–Crippen MR) is 96.5 cm³/mol. The minimum Gasteiger partial charge on any atom is -0.330 e. The third-order valence-electron chi connectivity index (χ3n) is 3.50. The highest BCUT2D eigenvalue weighted by molar-refractivity contribution is 9.11. The summed E-state index contributed by atoms with van der Waals surface area (Å²) in [5, 5.41) is 2.98. The summed E-state index contributed by atoms with van der Waals surface area (Å²) >= 11 is 6.99. The molecule has 3 nitrogen and oxygen atoms in total. The molecule has 118 valence electrons. The van der Waals surface area contributed by atoms with Gasteiger partial charge in [-0.3, -0.25) is 4.79 Å². The van der Waals surface area contributed by atoms with Crippen molar-refractivity contribution in [3.05, 3.63) is 26.6 Å². The van der Waals surface area contributed by atoms with E-state index in [2.05, 4.69) is 44.1 Å². The Hall–Kier alpha value is -0.390. The molecule has 0 fully saturated rings. The summed E-state index contributed by atoms with van der Waals surface area (Å²) in [7, 11) is 0. The molecule has 0 spiro atoms. The largest absolute Gasteiger partial charge is 0.330 e. The minimum atomic E-state index is 0.0541. The molecule has 21 heavy (non-hydrogen) atoms. The van der Waals surface area contributed by atoms with Crippen molar-refractivity contribution < 1.29 is 4.79 Å². The van der Waals surface area contributed by atoms with E-state index in [9.17, 15) is 4.79 Å². The molecule has 5 heteroatoms. The second-order valence-electron chi connectivity index (χ2n) is 5.42. The first-order chi connectivity index (χ1) is 9.97. The van der Waals surface area contributed by atoms with Crippen molar-refractivity contribution in [1.82, 2.24) is 0 Å². The van der Waals surface area contributed by atoms with E-state index in [0.717, 1.165) is 45.9 Å². The van der Waals surface area contributed by atoms with Crippen molar-refractivity contribution in [2.75, 3.05) is 11.9 Å². The second-order valence-corrected chi connectivity index (χ2v) is 7.13. The van der Waals surface area contributed by atoms with Gasteiger partial charge < -0.3 is 11.1 Å². The average molecular weight is 420 g/mol. The van der Waals surface area contributed by atoms with Gasteiger partial charge >= 0.3 is 0 Å². The number of hydrogen-bond donors (Lipinski definition) is 2. The highest BCUT2D eigenvalue weighted by atomic mass is 79.9. The molecule has 1 aromatic carbocycles. The van der Waals surface area contributed by atoms with Crippen LogP contribution < -0.4 is 11.1 Å². The topological polar surface area (TPSA) is 55.1 Å². The molecule has 3 N–H and O–H groups in total. The predicted octanol–water partition coefficient (Wildman–Crippen LogP) is 5.00. The Morgan fingerprint density at radius 3 is 2.38 bits per heavy atom. The summed E-state index contributed by atoms with van der Waals surface area (Å²) in [6.07, 6.45) is 4.72. The molecule has 0 bridgehead atoms. The van der Waals surface area contributed by atoms with Gasteiger partial charge in [0.1, 0.15) is 0 Å². The van der Waals surface area contributed by atoms with E-state index in [0.29, 0.717) is 18.9 Å². The van der Waals surface area contributed by atoms with E-state index >= 15 is 0 Å². The van der Waals surface area contributed by atoms with Crippen LogP contribution >= 0.6 is 31.9 Å². The van der Waals surface area contributed by atoms with E-state index in [1.54, 1.807) is 0 Å². The quantitative estimate of drug-likeness (QED) is 0.622. The molecule has 0 aliphatic heterocycles. The Morgan fingerprint density at radius 2 is 1.86 bits per heavy atom. The fourth-order valence-electron chi connectivity index (χ4n) is 2.43. The molecule has 1 unspecified atom stereocenters. The highest BCUT2D eigenvalue weighted by Crippen LogP contribution is 2.32. The van der Waals surface area contributed by atoms with Crippen LogP contribution in [0.2, 0.25) is 0 Å². The lowest BCUT2D eigenvalue weighted by atomic mass is 9.94. The van der Waals surface area contributed by atoms with Crippen LogP contribution in [0.5, 0.6) is 0 Å². The molecule has 1 aromatic rings. The van der Waals surface area contributed by atoms with Crippen LogP contribution in [0.3, 0.4) is 0 Å². The molecular formula is C16H24Br2N2O. The molecule has 0 aromatic heterocycles. The van der Waals surface area contributed by atoms with Crippen LogP contribution in [0.15, 0.2) is 21.1 Å². The monoisotopic (exact) mass is 418 g/mol. The number of hydrogen-bond acceptors (Lipinski definition) is 2. The molecule has 0 heterocycles. The van der Waals surface area contributed by atoms with Gasteiger partial charge in [-0.2, -0.15) is 0 Å². The van der Waals surface area contributed by atoms with Gasteiger partial charge in [-0.25, -0.2) is 0 Å². The van der Waals surface area contributed by atoms with Crippen LogP contribution in [0, 0.1) is 12.8 Å². The van der Waals surface area contributed by atoms with Gasteiger partial charge in [0.2, 0.25) is 5.91 Å². The first kappa shape index (κ1) is 18.7. The maximum Gasteiger partial charge on any atom is 0.224 e. The first-order valence-electron chi connectivity index (χ1n) is 7.43. The number of aryl methyl sites for hydroxylation is 1. The van der Waals surface area contributed by atoms with Crippen LogP contribution in [0.1, 0.15) is 44.6 Å². The van der Waals surface area contributed by atoms with Crippen molar-refractivity contribution in [1.29, 1.82) is 0 Å². The minimum absolute atomic E-state index is 0.0541. The molecule has 0 saturated carbocycles. The normalized spacial score (nSPS) is 12.2. The Morgan fingerprint density at radius 1 is 1.24 bits per heavy atom. The lowest BCUT2D eigenvalue weighted by Crippen LogP contribution is -2.16. The first-order valence-corrected chi connectivity index (χ1v) is 9.02. The van der Waals surface area contributed by atoms with Crippen LogP contribution in [0.4, 0.5) is 5.69 Å². The van der Waals surface area contributed by atoms with Crippen molar-refractivity contribution >= 4 is 43.5 Å². The van der Waals surface area contributed by atoms with E-state index in [1.165, 1.54) is 0 Å². The number of amides is 1. The van der Waals surface area contributed by atoms with Gasteiger partial charge in [-0.1, -0.05) is 19.8 Å². The molecule has 1 atom stereocenters. The number of carbonyl (C=O) groups excluding carboxylic acids is 1. The van der Waals surface area contributed by atoms with Gasteiger partial charge in [0.25, 0.3) is 0 Å². The smallest absolute Gasteiger partial charge is 0.224 e. The van der Waals surface area contributed by atoms with Gasteiger partial charge in [-0.15, -0.1) is 0 Å². The number of rotatable bonds is 8. The average Bonchev–Trinajstić information content (AvgIpc) is 2.40. The Balaban J connectivity index is 2.57. The maximum atomic E-state index is 12.1. The molecule has 0 saturated heterocycles. The number of nitrogens with two attached hydrogens (primary N) is 1. The second kappa shape index (κ2) is 9.59. The summed E-state index contributed by atoms with van der Waals surface area (Å²) < 4.78 is 1.80. The number of anilines is 1. The van der Waals surface area contributed by atoms with Gasteiger partial charge in [-0.05, 0) is 81.8 Å². The fourth-order valence-corrected chi connectivity index (χ4v) is 4.05. The summed E-state index contributed by atoms with van der Waals surface area (Å²) in [5.41, 5.74) is 7.57. The van der Waals surface area contributed by atoms with Gasteiger partial charge in [0.05, 0.1) is 5.69 Å². The lowest BCUT2D eigenvalue weighted by molar-refractivity contribution is -0.116. The molecule has 0 aliphatic carbocycles. The van der Waals surface area contributed by atoms with Gasteiger partial charge in [0, 0.05) is 15.4 Å². The maximum absolute atomic E-state index is 12.1. The van der Waals surface area contributed by atoms with Crippen molar-refractivity contribution in [2.45, 2.75) is 46.0 Å². The van der Waals surface area contributed by atoms with Crippen molar-refractivity contribution in [2.24, 2.45) is 11.7 Å². The Bertz CT molecular complexity index is 448. The molecule has 1 amide bonds. The van der Waals surface area contributed by atoms with Crippen LogP contribution in [-0.2, 0) is 4.79 Å². The van der Waals surface area contributed by atoms with Crippen LogP contribution in [0.25, 0.3) is 0 Å². The summed E-state index contributed by atoms with van der Waals surface area (Å²) in [6, 6.07) is 3.99. The third-order valence-corrected chi connectivity index (χ3v) is 4.75. The summed E-state index contributed by atoms with van der Waals surface area (Å²) in [4.78, 5) is 12.1. The molecule has 1 rings (SSSR count). The van der Waals surface area contributed by atoms with E-state index in [4.69, 9.17) is 5.73 Å². The van der Waals surface area contributed by atoms with E-state index in [1.807, 2.05) is 19.1 Å². The van der Waals surface area contributed by atoms with Crippen LogP contribution in [-0.4, -0.2) is 12.5 Å². The lowest BCUT2D eigenvalue weighted by Gasteiger charge is -2.15. The summed E-state index contributed by atoms with van der Waals surface area (Å²) in [5.74, 6) is 0.606. The third kappa shape index (κ3) is 6.49. The number of halogens is 2. The number of benzene rings is 1. The zero-order valence-electron chi connectivity index (χ0n) is 12.7.